The number of methoxy groups -OCH3 is 1. The average molecular weight is 448 g/mol. The van der Waals surface area contributed by atoms with Crippen LogP contribution in [0, 0.1) is 12.7 Å². The van der Waals surface area contributed by atoms with E-state index in [9.17, 15) is 9.18 Å². The second-order valence-corrected chi connectivity index (χ2v) is 7.94. The van der Waals surface area contributed by atoms with Crippen molar-refractivity contribution in [2.24, 2.45) is 5.16 Å². The summed E-state index contributed by atoms with van der Waals surface area (Å²) in [6.45, 7) is 2.30. The molecule has 1 aliphatic rings. The van der Waals surface area contributed by atoms with Crippen molar-refractivity contribution in [3.05, 3.63) is 95.3 Å². The summed E-state index contributed by atoms with van der Waals surface area (Å²) in [6, 6.07) is 21.2. The highest BCUT2D eigenvalue weighted by atomic mass is 19.1. The van der Waals surface area contributed by atoms with E-state index < -0.39 is 0 Å². The molecule has 6 nitrogen and oxygen atoms in total. The number of aryl methyl sites for hydroxylation is 1. The third-order valence-electron chi connectivity index (χ3n) is 5.45. The zero-order valence-electron chi connectivity index (χ0n) is 18.6. The largest absolute Gasteiger partial charge is 0.496 e. The molecule has 3 aromatic carbocycles. The molecule has 3 aromatic rings. The molecule has 170 valence electrons. The number of ether oxygens (including phenoxy) is 1. The normalized spacial score (nSPS) is 14.9. The minimum atomic E-state index is -0.361. The van der Waals surface area contributed by atoms with Gasteiger partial charge in [0.2, 0.25) is 0 Å². The van der Waals surface area contributed by atoms with Gasteiger partial charge in [0.1, 0.15) is 11.6 Å². The Morgan fingerprint density at radius 1 is 1.15 bits per heavy atom. The third-order valence-corrected chi connectivity index (χ3v) is 5.45. The number of carbonyl (C=O) groups excluding carboxylic acids is 1. The first-order valence-electron chi connectivity index (χ1n) is 10.8. The van der Waals surface area contributed by atoms with Gasteiger partial charge in [0.05, 0.1) is 25.9 Å². The predicted molar refractivity (Wildman–Crippen MR) is 126 cm³/mol. The number of urea groups is 1. The van der Waals surface area contributed by atoms with E-state index in [2.05, 4.69) is 10.5 Å². The Morgan fingerprint density at radius 2 is 1.94 bits per heavy atom. The molecular weight excluding hydrogens is 421 g/mol. The molecule has 7 heteroatoms. The molecule has 1 unspecified atom stereocenters. The molecule has 1 N–H and O–H groups in total. The Kier molecular flexibility index (Phi) is 6.88. The van der Waals surface area contributed by atoms with E-state index in [-0.39, 0.29) is 31.0 Å². The molecule has 1 heterocycles. The number of nitrogens with zero attached hydrogens (tertiary/aromatic N) is 2. The number of rotatable bonds is 7. The molecule has 33 heavy (non-hydrogen) atoms. The van der Waals surface area contributed by atoms with Crippen LogP contribution in [0.4, 0.5) is 14.9 Å². The number of hydrogen-bond acceptors (Lipinski definition) is 4. The molecule has 0 bridgehead atoms. The minimum Gasteiger partial charge on any atom is -0.496 e. The van der Waals surface area contributed by atoms with Gasteiger partial charge in [-0.3, -0.25) is 0 Å². The van der Waals surface area contributed by atoms with Crippen LogP contribution in [0.15, 0.2) is 78.0 Å². The van der Waals surface area contributed by atoms with E-state index >= 15 is 0 Å². The number of halogens is 1. The molecule has 0 saturated heterocycles. The van der Waals surface area contributed by atoms with Crippen molar-refractivity contribution in [2.75, 3.05) is 19.0 Å². The molecule has 0 radical (unpaired) electrons. The summed E-state index contributed by atoms with van der Waals surface area (Å²) in [6.07, 6.45) is 0.145. The van der Waals surface area contributed by atoms with Crippen molar-refractivity contribution < 1.29 is 18.8 Å². The molecule has 0 saturated carbocycles. The highest BCUT2D eigenvalue weighted by Crippen LogP contribution is 2.25. The Hall–Kier alpha value is -3.87. The van der Waals surface area contributed by atoms with Crippen LogP contribution in [0.3, 0.4) is 0 Å². The Bertz CT molecular complexity index is 1160. The van der Waals surface area contributed by atoms with E-state index in [1.54, 1.807) is 30.2 Å². The van der Waals surface area contributed by atoms with E-state index in [0.29, 0.717) is 23.4 Å². The van der Waals surface area contributed by atoms with Gasteiger partial charge < -0.3 is 19.8 Å². The molecule has 0 aromatic heterocycles. The second-order valence-electron chi connectivity index (χ2n) is 7.94. The molecular formula is C26H26FN3O3. The van der Waals surface area contributed by atoms with Crippen molar-refractivity contribution in [1.82, 2.24) is 4.90 Å². The van der Waals surface area contributed by atoms with Crippen LogP contribution in [0.5, 0.6) is 5.75 Å². The fourth-order valence-electron chi connectivity index (χ4n) is 3.79. The van der Waals surface area contributed by atoms with Crippen LogP contribution < -0.4 is 10.1 Å². The van der Waals surface area contributed by atoms with Crippen LogP contribution in [0.2, 0.25) is 0 Å². The molecule has 4 rings (SSSR count). The summed E-state index contributed by atoms with van der Waals surface area (Å²) in [5.41, 5.74) is 3.75. The van der Waals surface area contributed by atoms with Gasteiger partial charge in [-0.1, -0.05) is 47.6 Å². The van der Waals surface area contributed by atoms with Gasteiger partial charge in [-0.2, -0.15) is 0 Å². The standard InChI is InChI=1S/C26H26FN3O3/c1-18-8-7-10-20(14-18)28-26(31)30(16-19-9-3-5-12-23(19)27)17-21-15-24(29-33-21)22-11-4-6-13-25(22)32-2/h3-14,21H,15-17H2,1-2H3,(H,28,31). The summed E-state index contributed by atoms with van der Waals surface area (Å²) >= 11 is 0. The molecule has 1 atom stereocenters. The van der Waals surface area contributed by atoms with E-state index in [0.717, 1.165) is 16.8 Å². The first-order valence-corrected chi connectivity index (χ1v) is 10.8. The maximum Gasteiger partial charge on any atom is 0.322 e. The van der Waals surface area contributed by atoms with Gasteiger partial charge in [-0.25, -0.2) is 9.18 Å². The van der Waals surface area contributed by atoms with Crippen LogP contribution in [0.1, 0.15) is 23.1 Å². The van der Waals surface area contributed by atoms with Crippen molar-refractivity contribution in [2.45, 2.75) is 26.0 Å². The first kappa shape index (κ1) is 22.3. The average Bonchev–Trinajstić information content (AvgIpc) is 3.28. The summed E-state index contributed by atoms with van der Waals surface area (Å²) in [4.78, 5) is 20.4. The summed E-state index contributed by atoms with van der Waals surface area (Å²) in [5.74, 6) is 0.352. The van der Waals surface area contributed by atoms with Crippen LogP contribution in [-0.4, -0.2) is 36.4 Å². The van der Waals surface area contributed by atoms with Gasteiger partial charge in [-0.05, 0) is 42.8 Å². The molecule has 0 aliphatic carbocycles. The number of carbonyl (C=O) groups is 1. The number of nitrogens with one attached hydrogen (secondary N) is 1. The SMILES string of the molecule is COc1ccccc1C1=NOC(CN(Cc2ccccc2F)C(=O)Nc2cccc(C)c2)C1. The highest BCUT2D eigenvalue weighted by Gasteiger charge is 2.28. The first-order chi connectivity index (χ1) is 16.0. The lowest BCUT2D eigenvalue weighted by molar-refractivity contribution is 0.0606. The fourth-order valence-corrected chi connectivity index (χ4v) is 3.79. The highest BCUT2D eigenvalue weighted by molar-refractivity contribution is 6.03. The zero-order chi connectivity index (χ0) is 23.2. The number of hydrogen-bond donors (Lipinski definition) is 1. The van der Waals surface area contributed by atoms with Gasteiger partial charge in [0, 0.05) is 23.2 Å². The Balaban J connectivity index is 1.50. The molecule has 0 fully saturated rings. The van der Waals surface area contributed by atoms with E-state index in [1.807, 2.05) is 55.5 Å². The van der Waals surface area contributed by atoms with Gasteiger partial charge in [0.25, 0.3) is 0 Å². The van der Waals surface area contributed by atoms with Crippen molar-refractivity contribution >= 4 is 17.4 Å². The predicted octanol–water partition coefficient (Wildman–Crippen LogP) is 5.37. The van der Waals surface area contributed by atoms with Gasteiger partial charge >= 0.3 is 6.03 Å². The number of para-hydroxylation sites is 1. The quantitative estimate of drug-likeness (QED) is 0.530. The maximum absolute atomic E-state index is 14.3. The van der Waals surface area contributed by atoms with E-state index in [4.69, 9.17) is 9.57 Å². The lowest BCUT2D eigenvalue weighted by Crippen LogP contribution is -2.40. The number of amides is 2. The lowest BCUT2D eigenvalue weighted by atomic mass is 10.0. The third kappa shape index (κ3) is 5.49. The number of oxime groups is 1. The van der Waals surface area contributed by atoms with Crippen molar-refractivity contribution in [3.8, 4) is 5.75 Å². The molecule has 0 spiro atoms. The van der Waals surface area contributed by atoms with E-state index in [1.165, 1.54) is 6.07 Å². The van der Waals surface area contributed by atoms with Crippen LogP contribution in [-0.2, 0) is 11.4 Å². The number of anilines is 1. The maximum atomic E-state index is 14.3. The summed E-state index contributed by atoms with van der Waals surface area (Å²) < 4.78 is 19.8. The Morgan fingerprint density at radius 3 is 2.73 bits per heavy atom. The lowest BCUT2D eigenvalue weighted by Gasteiger charge is -2.25. The smallest absolute Gasteiger partial charge is 0.322 e. The van der Waals surface area contributed by atoms with Gasteiger partial charge in [0.15, 0.2) is 6.10 Å². The summed E-state index contributed by atoms with van der Waals surface area (Å²) in [7, 11) is 1.61. The van der Waals surface area contributed by atoms with Gasteiger partial charge in [-0.15, -0.1) is 0 Å². The summed E-state index contributed by atoms with van der Waals surface area (Å²) in [5, 5.41) is 7.14. The van der Waals surface area contributed by atoms with Crippen molar-refractivity contribution in [1.29, 1.82) is 0 Å². The minimum absolute atomic E-state index is 0.105. The zero-order valence-corrected chi connectivity index (χ0v) is 18.6. The van der Waals surface area contributed by atoms with Crippen LogP contribution >= 0.6 is 0 Å². The fraction of sp³-hybridized carbons (Fsp3) is 0.231. The van der Waals surface area contributed by atoms with Crippen LogP contribution in [0.25, 0.3) is 0 Å². The van der Waals surface area contributed by atoms with Crippen molar-refractivity contribution in [3.63, 3.8) is 0 Å². The second kappa shape index (κ2) is 10.2. The Labute approximate surface area is 192 Å². The monoisotopic (exact) mass is 447 g/mol. The topological polar surface area (TPSA) is 63.2 Å². The number of benzene rings is 3. The molecule has 1 aliphatic heterocycles. The molecule has 2 amide bonds.